The number of hydrogen-bond donors (Lipinski definition) is 2. The van der Waals surface area contributed by atoms with Gasteiger partial charge in [0.05, 0.1) is 4.08 Å². The van der Waals surface area contributed by atoms with Crippen LogP contribution in [0.25, 0.3) is 0 Å². The normalized spacial score (nSPS) is 13.6. The second-order valence-electron chi connectivity index (χ2n) is 4.63. The van der Waals surface area contributed by atoms with Crippen LogP contribution in [-0.2, 0) is 0 Å². The van der Waals surface area contributed by atoms with Gasteiger partial charge in [-0.15, -0.1) is 0 Å². The van der Waals surface area contributed by atoms with Crippen LogP contribution in [0, 0.1) is 5.41 Å². The molecule has 0 aliphatic heterocycles. The molecule has 0 saturated heterocycles. The summed E-state index contributed by atoms with van der Waals surface area (Å²) in [7, 11) is 0. The van der Waals surface area contributed by atoms with Crippen molar-refractivity contribution >= 4 is 25.3 Å². The smallest absolute Gasteiger partial charge is 0.0523 e. The van der Waals surface area contributed by atoms with Gasteiger partial charge in [0, 0.05) is 0 Å². The zero-order valence-corrected chi connectivity index (χ0v) is 9.80. The van der Waals surface area contributed by atoms with E-state index in [4.69, 9.17) is 0 Å². The van der Waals surface area contributed by atoms with E-state index in [1.807, 2.05) is 6.92 Å². The molecule has 0 bridgehead atoms. The van der Waals surface area contributed by atoms with Crippen LogP contribution < -0.4 is 0 Å². The van der Waals surface area contributed by atoms with Crippen molar-refractivity contribution in [2.75, 3.05) is 0 Å². The highest BCUT2D eigenvalue weighted by atomic mass is 32.2. The lowest BCUT2D eigenvalue weighted by molar-refractivity contribution is 0.359. The summed E-state index contributed by atoms with van der Waals surface area (Å²) < 4.78 is -0.0920. The maximum absolute atomic E-state index is 4.35. The monoisotopic (exact) mass is 192 g/mol. The summed E-state index contributed by atoms with van der Waals surface area (Å²) in [5.41, 5.74) is 0.451. The van der Waals surface area contributed by atoms with Crippen LogP contribution in [0.2, 0.25) is 0 Å². The summed E-state index contributed by atoms with van der Waals surface area (Å²) in [6.45, 7) is 8.84. The molecule has 0 aromatic carbocycles. The van der Waals surface area contributed by atoms with Crippen LogP contribution in [0.15, 0.2) is 0 Å². The third-order valence-electron chi connectivity index (χ3n) is 1.58. The molecule has 0 fully saturated rings. The van der Waals surface area contributed by atoms with Crippen LogP contribution in [0.1, 0.15) is 47.0 Å². The molecule has 0 saturated carbocycles. The van der Waals surface area contributed by atoms with Crippen molar-refractivity contribution in [2.45, 2.75) is 51.0 Å². The fourth-order valence-electron chi connectivity index (χ4n) is 0.954. The standard InChI is InChI=1S/C9H20S2/c1-8(2,3)6-5-7-9(4,10)11/h10-11H,5-7H2,1-4H3. The van der Waals surface area contributed by atoms with Crippen molar-refractivity contribution in [3.05, 3.63) is 0 Å². The van der Waals surface area contributed by atoms with Crippen LogP contribution in [0.5, 0.6) is 0 Å². The lowest BCUT2D eigenvalue weighted by atomic mass is 9.89. The van der Waals surface area contributed by atoms with Gasteiger partial charge in [-0.3, -0.25) is 0 Å². The van der Waals surface area contributed by atoms with E-state index in [1.165, 1.54) is 12.8 Å². The fraction of sp³-hybridized carbons (Fsp3) is 1.00. The van der Waals surface area contributed by atoms with E-state index in [9.17, 15) is 0 Å². The first-order chi connectivity index (χ1) is 4.71. The Morgan fingerprint density at radius 3 is 1.64 bits per heavy atom. The predicted octanol–water partition coefficient (Wildman–Crippen LogP) is 3.78. The molecule has 0 nitrogen and oxygen atoms in total. The molecule has 0 N–H and O–H groups in total. The Balaban J connectivity index is 3.44. The molecule has 0 aromatic rings. The topological polar surface area (TPSA) is 0 Å². The van der Waals surface area contributed by atoms with Gasteiger partial charge in [0.25, 0.3) is 0 Å². The minimum atomic E-state index is -0.0920. The Hall–Kier alpha value is 0.700. The van der Waals surface area contributed by atoms with E-state index in [1.54, 1.807) is 0 Å². The Labute approximate surface area is 82.0 Å². The first-order valence-corrected chi connectivity index (χ1v) is 5.05. The maximum atomic E-state index is 4.35. The van der Waals surface area contributed by atoms with Crippen LogP contribution in [-0.4, -0.2) is 4.08 Å². The first kappa shape index (κ1) is 11.7. The van der Waals surface area contributed by atoms with Crippen molar-refractivity contribution in [3.8, 4) is 0 Å². The van der Waals surface area contributed by atoms with Gasteiger partial charge in [0.1, 0.15) is 0 Å². The molecule has 11 heavy (non-hydrogen) atoms. The van der Waals surface area contributed by atoms with E-state index >= 15 is 0 Å². The van der Waals surface area contributed by atoms with Crippen LogP contribution in [0.3, 0.4) is 0 Å². The molecule has 68 valence electrons. The average Bonchev–Trinajstić information content (AvgIpc) is 1.55. The van der Waals surface area contributed by atoms with Crippen molar-refractivity contribution in [3.63, 3.8) is 0 Å². The average molecular weight is 192 g/mol. The molecule has 0 aromatic heterocycles. The van der Waals surface area contributed by atoms with Gasteiger partial charge in [-0.25, -0.2) is 0 Å². The minimum absolute atomic E-state index is 0.0920. The van der Waals surface area contributed by atoms with Crippen LogP contribution in [0.4, 0.5) is 0 Å². The molecule has 0 amide bonds. The molecule has 0 aliphatic carbocycles. The van der Waals surface area contributed by atoms with Gasteiger partial charge in [0.15, 0.2) is 0 Å². The lowest BCUT2D eigenvalue weighted by Crippen LogP contribution is -2.10. The van der Waals surface area contributed by atoms with E-state index in [0.717, 1.165) is 6.42 Å². The quantitative estimate of drug-likeness (QED) is 0.493. The summed E-state index contributed by atoms with van der Waals surface area (Å²) in [6, 6.07) is 0. The molecular formula is C9H20S2. The predicted molar refractivity (Wildman–Crippen MR) is 59.7 cm³/mol. The van der Waals surface area contributed by atoms with Crippen molar-refractivity contribution in [2.24, 2.45) is 5.41 Å². The zero-order chi connectivity index (χ0) is 9.12. The lowest BCUT2D eigenvalue weighted by Gasteiger charge is -2.21. The number of hydrogen-bond acceptors (Lipinski definition) is 2. The molecular weight excluding hydrogens is 172 g/mol. The minimum Gasteiger partial charge on any atom is -0.162 e. The Bertz CT molecular complexity index is 91.7. The summed E-state index contributed by atoms with van der Waals surface area (Å²) in [6.07, 6.45) is 3.55. The molecule has 0 spiro atoms. The largest absolute Gasteiger partial charge is 0.162 e. The van der Waals surface area contributed by atoms with E-state index < -0.39 is 0 Å². The van der Waals surface area contributed by atoms with Gasteiger partial charge in [0.2, 0.25) is 0 Å². The Morgan fingerprint density at radius 2 is 1.36 bits per heavy atom. The molecule has 0 aliphatic rings. The van der Waals surface area contributed by atoms with Crippen molar-refractivity contribution in [1.29, 1.82) is 0 Å². The number of rotatable bonds is 3. The van der Waals surface area contributed by atoms with Gasteiger partial charge in [-0.2, -0.15) is 25.3 Å². The van der Waals surface area contributed by atoms with E-state index in [0.29, 0.717) is 5.41 Å². The molecule has 0 rings (SSSR count). The number of thiol groups is 2. The fourth-order valence-corrected chi connectivity index (χ4v) is 1.27. The Kier molecular flexibility index (Phi) is 4.34. The highest BCUT2D eigenvalue weighted by molar-refractivity contribution is 8.00. The zero-order valence-electron chi connectivity index (χ0n) is 8.02. The highest BCUT2D eigenvalue weighted by Gasteiger charge is 2.15. The third kappa shape index (κ3) is 10.7. The van der Waals surface area contributed by atoms with Crippen LogP contribution >= 0.6 is 25.3 Å². The second kappa shape index (κ2) is 4.08. The van der Waals surface area contributed by atoms with Crippen molar-refractivity contribution < 1.29 is 0 Å². The molecule has 0 heterocycles. The van der Waals surface area contributed by atoms with E-state index in [2.05, 4.69) is 46.0 Å². The van der Waals surface area contributed by atoms with Gasteiger partial charge in [-0.1, -0.05) is 27.2 Å². The molecule has 0 radical (unpaired) electrons. The highest BCUT2D eigenvalue weighted by Crippen LogP contribution is 2.29. The summed E-state index contributed by atoms with van der Waals surface area (Å²) in [5, 5.41) is 0. The van der Waals surface area contributed by atoms with Gasteiger partial charge < -0.3 is 0 Å². The Morgan fingerprint density at radius 1 is 0.909 bits per heavy atom. The van der Waals surface area contributed by atoms with Gasteiger partial charge in [-0.05, 0) is 25.2 Å². The summed E-state index contributed by atoms with van der Waals surface area (Å²) >= 11 is 8.70. The van der Waals surface area contributed by atoms with E-state index in [-0.39, 0.29) is 4.08 Å². The maximum Gasteiger partial charge on any atom is 0.0523 e. The molecule has 0 unspecified atom stereocenters. The SMILES string of the molecule is CC(C)(C)CCCC(C)(S)S. The summed E-state index contributed by atoms with van der Waals surface area (Å²) in [5.74, 6) is 0. The second-order valence-corrected chi connectivity index (χ2v) is 6.96. The third-order valence-corrected chi connectivity index (χ3v) is 2.02. The summed E-state index contributed by atoms with van der Waals surface area (Å²) in [4.78, 5) is 0. The van der Waals surface area contributed by atoms with Crippen molar-refractivity contribution in [1.82, 2.24) is 0 Å². The van der Waals surface area contributed by atoms with Gasteiger partial charge >= 0.3 is 0 Å². The molecule has 2 heteroatoms. The molecule has 0 atom stereocenters. The first-order valence-electron chi connectivity index (χ1n) is 4.15.